The van der Waals surface area contributed by atoms with Crippen LogP contribution in [0.4, 0.5) is 10.5 Å². The van der Waals surface area contributed by atoms with Crippen LogP contribution >= 0.6 is 11.8 Å². The van der Waals surface area contributed by atoms with Gasteiger partial charge in [-0.3, -0.25) is 4.90 Å². The van der Waals surface area contributed by atoms with Gasteiger partial charge in [0.05, 0.1) is 17.3 Å². The molecule has 1 atom stereocenters. The Morgan fingerprint density at radius 3 is 2.44 bits per heavy atom. The summed E-state index contributed by atoms with van der Waals surface area (Å²) in [7, 11) is 0. The largest absolute Gasteiger partial charge is 0.334 e. The number of hydrogen-bond acceptors (Lipinski definition) is 5. The Morgan fingerprint density at radius 2 is 1.74 bits per heavy atom. The number of nitrogens with one attached hydrogen (secondary N) is 1. The lowest BCUT2D eigenvalue weighted by Crippen LogP contribution is -2.46. The van der Waals surface area contributed by atoms with Gasteiger partial charge in [-0.05, 0) is 67.6 Å². The van der Waals surface area contributed by atoms with Crippen LogP contribution < -0.4 is 10.2 Å². The number of anilines is 1. The van der Waals surface area contributed by atoms with Crippen molar-refractivity contribution < 1.29 is 9.32 Å². The second-order valence-electron chi connectivity index (χ2n) is 8.12. The third-order valence-corrected chi connectivity index (χ3v) is 6.63. The molecule has 34 heavy (non-hydrogen) atoms. The quantitative estimate of drug-likeness (QED) is 0.340. The van der Waals surface area contributed by atoms with Gasteiger partial charge in [0.1, 0.15) is 0 Å². The summed E-state index contributed by atoms with van der Waals surface area (Å²) in [5.41, 5.74) is 5.18. The number of benzene rings is 3. The molecule has 0 saturated heterocycles. The van der Waals surface area contributed by atoms with Crippen molar-refractivity contribution in [2.75, 3.05) is 11.2 Å². The van der Waals surface area contributed by atoms with Crippen LogP contribution in [0.25, 0.3) is 17.0 Å². The van der Waals surface area contributed by atoms with Gasteiger partial charge in [-0.25, -0.2) is 4.79 Å². The van der Waals surface area contributed by atoms with Crippen LogP contribution in [0.1, 0.15) is 30.0 Å². The van der Waals surface area contributed by atoms with E-state index in [1.54, 1.807) is 16.7 Å². The molecule has 1 aliphatic heterocycles. The number of aryl methyl sites for hydroxylation is 1. The maximum Gasteiger partial charge on any atom is 0.326 e. The Bertz CT molecular complexity index is 1360. The van der Waals surface area contributed by atoms with Crippen molar-refractivity contribution in [3.63, 3.8) is 0 Å². The van der Waals surface area contributed by atoms with E-state index in [0.29, 0.717) is 11.7 Å². The van der Waals surface area contributed by atoms with E-state index in [0.717, 1.165) is 33.6 Å². The lowest BCUT2D eigenvalue weighted by Gasteiger charge is -2.35. The van der Waals surface area contributed by atoms with Gasteiger partial charge < -0.3 is 9.84 Å². The maximum absolute atomic E-state index is 13.3. The highest BCUT2D eigenvalue weighted by Crippen LogP contribution is 2.39. The third-order valence-electron chi connectivity index (χ3n) is 5.88. The van der Waals surface area contributed by atoms with Gasteiger partial charge in [0.15, 0.2) is 0 Å². The third kappa shape index (κ3) is 4.10. The maximum atomic E-state index is 13.3. The monoisotopic (exact) mass is 468 g/mol. The first kappa shape index (κ1) is 22.0. The molecule has 1 unspecified atom stereocenters. The van der Waals surface area contributed by atoms with Gasteiger partial charge in [-0.2, -0.15) is 4.98 Å². The van der Waals surface area contributed by atoms with Crippen molar-refractivity contribution >= 4 is 29.1 Å². The number of carbonyl (C=O) groups is 1. The SMILES string of the molecule is CSc1ccc(-c2noc(C3=C(C)N(c4cccc(C)c4)C(=O)NC3c3ccccc3)n2)cc1. The Balaban J connectivity index is 1.63. The van der Waals surface area contributed by atoms with E-state index >= 15 is 0 Å². The number of thioether (sulfide) groups is 1. The second kappa shape index (κ2) is 9.19. The fraction of sp³-hybridized carbons (Fsp3) is 0.148. The van der Waals surface area contributed by atoms with E-state index in [9.17, 15) is 4.79 Å². The van der Waals surface area contributed by atoms with E-state index in [4.69, 9.17) is 9.51 Å². The van der Waals surface area contributed by atoms with Gasteiger partial charge in [-0.15, -0.1) is 11.8 Å². The van der Waals surface area contributed by atoms with Gasteiger partial charge in [0.2, 0.25) is 5.82 Å². The molecule has 170 valence electrons. The molecule has 1 N–H and O–H groups in total. The molecule has 6 nitrogen and oxygen atoms in total. The number of nitrogens with zero attached hydrogens (tertiary/aromatic N) is 3. The zero-order valence-corrected chi connectivity index (χ0v) is 20.0. The highest BCUT2D eigenvalue weighted by molar-refractivity contribution is 7.98. The molecule has 0 aliphatic carbocycles. The molecule has 0 saturated carbocycles. The second-order valence-corrected chi connectivity index (χ2v) is 9.00. The molecule has 2 amide bonds. The van der Waals surface area contributed by atoms with Crippen molar-refractivity contribution in [3.05, 3.63) is 102 Å². The fourth-order valence-electron chi connectivity index (χ4n) is 4.18. The predicted molar refractivity (Wildman–Crippen MR) is 135 cm³/mol. The predicted octanol–water partition coefficient (Wildman–Crippen LogP) is 6.47. The Kier molecular flexibility index (Phi) is 5.94. The minimum absolute atomic E-state index is 0.201. The fourth-order valence-corrected chi connectivity index (χ4v) is 4.59. The van der Waals surface area contributed by atoms with E-state index < -0.39 is 6.04 Å². The van der Waals surface area contributed by atoms with E-state index in [-0.39, 0.29) is 6.03 Å². The van der Waals surface area contributed by atoms with Crippen LogP contribution in [0.5, 0.6) is 0 Å². The van der Waals surface area contributed by atoms with Crippen LogP contribution in [0.2, 0.25) is 0 Å². The van der Waals surface area contributed by atoms with Gasteiger partial charge in [0, 0.05) is 16.2 Å². The summed E-state index contributed by atoms with van der Waals surface area (Å²) in [6.07, 6.45) is 2.04. The average Bonchev–Trinajstić information content (AvgIpc) is 3.34. The average molecular weight is 469 g/mol. The molecular weight excluding hydrogens is 444 g/mol. The van der Waals surface area contributed by atoms with Crippen LogP contribution in [0.3, 0.4) is 0 Å². The molecule has 1 aliphatic rings. The number of carbonyl (C=O) groups excluding carboxylic acids is 1. The molecule has 7 heteroatoms. The van der Waals surface area contributed by atoms with Gasteiger partial charge >= 0.3 is 6.03 Å². The molecule has 5 rings (SSSR count). The summed E-state index contributed by atoms with van der Waals surface area (Å²) >= 11 is 1.68. The molecule has 1 aromatic heterocycles. The van der Waals surface area contributed by atoms with Crippen LogP contribution in [-0.4, -0.2) is 22.4 Å². The molecule has 3 aromatic carbocycles. The Morgan fingerprint density at radius 1 is 0.971 bits per heavy atom. The normalized spacial score (nSPS) is 16.0. The first-order valence-corrected chi connectivity index (χ1v) is 12.2. The van der Waals surface area contributed by atoms with E-state index in [2.05, 4.69) is 10.5 Å². The number of urea groups is 1. The number of rotatable bonds is 5. The Hall–Kier alpha value is -3.84. The molecule has 4 aromatic rings. The zero-order chi connectivity index (χ0) is 23.7. The van der Waals surface area contributed by atoms with Gasteiger partial charge in [0.25, 0.3) is 5.89 Å². The van der Waals surface area contributed by atoms with E-state index in [1.807, 2.05) is 99.0 Å². The molecule has 0 radical (unpaired) electrons. The van der Waals surface area contributed by atoms with Crippen molar-refractivity contribution in [2.45, 2.75) is 24.8 Å². The van der Waals surface area contributed by atoms with Crippen molar-refractivity contribution in [2.24, 2.45) is 0 Å². The van der Waals surface area contributed by atoms with Gasteiger partial charge in [-0.1, -0.05) is 47.6 Å². The molecule has 0 spiro atoms. The summed E-state index contributed by atoms with van der Waals surface area (Å²) in [6, 6.07) is 25.1. The summed E-state index contributed by atoms with van der Waals surface area (Å²) in [5.74, 6) is 0.890. The smallest absolute Gasteiger partial charge is 0.326 e. The zero-order valence-electron chi connectivity index (χ0n) is 19.1. The number of aromatic nitrogens is 2. The number of amides is 2. The van der Waals surface area contributed by atoms with E-state index in [1.165, 1.54) is 4.90 Å². The standard InChI is InChI=1S/C27H24N4O2S/c1-17-8-7-11-21(16-17)31-18(2)23(24(28-27(31)32)19-9-5-4-6-10-19)26-29-25(30-33-26)20-12-14-22(34-3)15-13-20/h4-16,24H,1-3H3,(H,28,32). The lowest BCUT2D eigenvalue weighted by atomic mass is 9.94. The summed E-state index contributed by atoms with van der Waals surface area (Å²) in [5, 5.41) is 7.39. The summed E-state index contributed by atoms with van der Waals surface area (Å²) < 4.78 is 5.78. The first-order chi connectivity index (χ1) is 16.5. The minimum atomic E-state index is -0.415. The van der Waals surface area contributed by atoms with Crippen molar-refractivity contribution in [1.82, 2.24) is 15.5 Å². The number of allylic oxidation sites excluding steroid dienone is 1. The highest BCUT2D eigenvalue weighted by Gasteiger charge is 2.36. The summed E-state index contributed by atoms with van der Waals surface area (Å²) in [6.45, 7) is 3.92. The molecule has 0 bridgehead atoms. The molecule has 2 heterocycles. The van der Waals surface area contributed by atoms with Crippen molar-refractivity contribution in [1.29, 1.82) is 0 Å². The highest BCUT2D eigenvalue weighted by atomic mass is 32.2. The topological polar surface area (TPSA) is 71.3 Å². The first-order valence-electron chi connectivity index (χ1n) is 11.0. The lowest BCUT2D eigenvalue weighted by molar-refractivity contribution is 0.244. The van der Waals surface area contributed by atoms with Crippen molar-refractivity contribution in [3.8, 4) is 11.4 Å². The number of hydrogen-bond donors (Lipinski definition) is 1. The van der Waals surface area contributed by atoms with Crippen LogP contribution in [0, 0.1) is 6.92 Å². The molecule has 0 fully saturated rings. The Labute approximate surface area is 202 Å². The van der Waals surface area contributed by atoms with Crippen LogP contribution in [0.15, 0.2) is 94.0 Å². The molecular formula is C27H24N4O2S. The van der Waals surface area contributed by atoms with Crippen LogP contribution in [-0.2, 0) is 0 Å². The minimum Gasteiger partial charge on any atom is -0.334 e. The summed E-state index contributed by atoms with van der Waals surface area (Å²) in [4.78, 5) is 20.8.